The lowest BCUT2D eigenvalue weighted by Crippen LogP contribution is -2.42. The molecule has 2 aromatic rings. The number of benzene rings is 1. The molecule has 1 aromatic carbocycles. The highest BCUT2D eigenvalue weighted by Gasteiger charge is 2.46. The van der Waals surface area contributed by atoms with Gasteiger partial charge in [-0.3, -0.25) is 9.89 Å². The Balaban J connectivity index is 1.89. The van der Waals surface area contributed by atoms with Gasteiger partial charge < -0.3 is 0 Å². The fraction of sp³-hybridized carbons (Fsp3) is 0.400. The van der Waals surface area contributed by atoms with Crippen molar-refractivity contribution in [3.63, 3.8) is 0 Å². The number of H-pyrrole nitrogens is 1. The van der Waals surface area contributed by atoms with Gasteiger partial charge in [-0.2, -0.15) is 10.4 Å². The molecule has 0 radical (unpaired) electrons. The van der Waals surface area contributed by atoms with Gasteiger partial charge in [0, 0.05) is 29.3 Å². The maximum atomic E-state index is 13.0. The second-order valence-corrected chi connectivity index (χ2v) is 7.86. The monoisotopic (exact) mass is 332 g/mol. The van der Waals surface area contributed by atoms with Crippen molar-refractivity contribution in [2.75, 3.05) is 0 Å². The highest BCUT2D eigenvalue weighted by Crippen LogP contribution is 2.49. The van der Waals surface area contributed by atoms with E-state index in [2.05, 4.69) is 30.1 Å². The number of fused-ring (bicyclic) bond motifs is 2. The minimum atomic E-state index is -0.232. The van der Waals surface area contributed by atoms with Crippen molar-refractivity contribution in [1.82, 2.24) is 10.2 Å². The van der Waals surface area contributed by atoms with Gasteiger partial charge >= 0.3 is 0 Å². The molecule has 1 N–H and O–H groups in total. The molecule has 2 aliphatic rings. The molecule has 1 aliphatic heterocycles. The van der Waals surface area contributed by atoms with Gasteiger partial charge in [0.05, 0.1) is 17.6 Å². The number of carbonyl (C=O) groups is 1. The molecule has 5 heteroatoms. The average molecular weight is 332 g/mol. The zero-order chi connectivity index (χ0) is 17.8. The third-order valence-corrected chi connectivity index (χ3v) is 5.29. The predicted octanol–water partition coefficient (Wildman–Crippen LogP) is 3.81. The number of nitrogens with one attached hydrogen (secondary N) is 1. The second kappa shape index (κ2) is 5.38. The van der Waals surface area contributed by atoms with Crippen LogP contribution in [0.15, 0.2) is 29.3 Å². The SMILES string of the molecule is Cc1[nH]nc2c1C(c1ccc(C#N)cc1)C1C(=O)CC(C)(C)CC1=N2. The van der Waals surface area contributed by atoms with Crippen molar-refractivity contribution in [1.29, 1.82) is 5.26 Å². The smallest absolute Gasteiger partial charge is 0.177 e. The number of Topliss-reactive ketones (excluding diaryl/α,β-unsaturated/α-hetero) is 1. The number of aliphatic imine (C=N–C) groups is 1. The minimum Gasteiger partial charge on any atom is -0.299 e. The summed E-state index contributed by atoms with van der Waals surface area (Å²) < 4.78 is 0. The Kier molecular flexibility index (Phi) is 3.40. The number of aryl methyl sites for hydroxylation is 1. The standard InChI is InChI=1S/C20H20N4O/c1-11-16-17(13-6-4-12(10-21)5-7-13)18-14(22-19(16)24-23-11)8-20(2,3)9-15(18)25/h4-7,17-18H,8-9H2,1-3H3,(H,23,24). The van der Waals surface area contributed by atoms with Crippen LogP contribution in [0.25, 0.3) is 0 Å². The number of hydrogen-bond donors (Lipinski definition) is 1. The van der Waals surface area contributed by atoms with Crippen LogP contribution >= 0.6 is 0 Å². The highest BCUT2D eigenvalue weighted by atomic mass is 16.1. The van der Waals surface area contributed by atoms with E-state index in [4.69, 9.17) is 10.3 Å². The number of hydrogen-bond acceptors (Lipinski definition) is 4. The van der Waals surface area contributed by atoms with Gasteiger partial charge in [-0.05, 0) is 36.5 Å². The zero-order valence-electron chi connectivity index (χ0n) is 14.6. The molecule has 1 saturated carbocycles. The predicted molar refractivity (Wildman–Crippen MR) is 94.9 cm³/mol. The third kappa shape index (κ3) is 2.49. The molecule has 25 heavy (non-hydrogen) atoms. The van der Waals surface area contributed by atoms with Crippen LogP contribution in [0.4, 0.5) is 5.82 Å². The third-order valence-electron chi connectivity index (χ3n) is 5.29. The number of nitrogens with zero attached hydrogens (tertiary/aromatic N) is 3. The molecule has 126 valence electrons. The Bertz CT molecular complexity index is 928. The molecular weight excluding hydrogens is 312 g/mol. The van der Waals surface area contributed by atoms with Crippen molar-refractivity contribution in [3.8, 4) is 6.07 Å². The summed E-state index contributed by atoms with van der Waals surface area (Å²) in [5.41, 5.74) is 4.49. The van der Waals surface area contributed by atoms with Crippen molar-refractivity contribution >= 4 is 17.3 Å². The Morgan fingerprint density at radius 1 is 1.20 bits per heavy atom. The van der Waals surface area contributed by atoms with Crippen molar-refractivity contribution in [3.05, 3.63) is 46.6 Å². The van der Waals surface area contributed by atoms with Gasteiger partial charge in [0.1, 0.15) is 5.78 Å². The summed E-state index contributed by atoms with van der Waals surface area (Å²) in [6.45, 7) is 6.21. The first-order valence-corrected chi connectivity index (χ1v) is 8.55. The maximum Gasteiger partial charge on any atom is 0.177 e. The van der Waals surface area contributed by atoms with Gasteiger partial charge in [-0.15, -0.1) is 0 Å². The van der Waals surface area contributed by atoms with Crippen LogP contribution in [0.5, 0.6) is 0 Å². The molecule has 1 aromatic heterocycles. The van der Waals surface area contributed by atoms with Gasteiger partial charge in [0.25, 0.3) is 0 Å². The van der Waals surface area contributed by atoms with Crippen molar-refractivity contribution in [2.24, 2.45) is 16.3 Å². The molecule has 2 atom stereocenters. The topological polar surface area (TPSA) is 81.9 Å². The summed E-state index contributed by atoms with van der Waals surface area (Å²) in [6.07, 6.45) is 1.37. The number of aromatic amines is 1. The number of carbonyl (C=O) groups excluding carboxylic acids is 1. The van der Waals surface area contributed by atoms with E-state index in [0.717, 1.165) is 29.0 Å². The largest absolute Gasteiger partial charge is 0.299 e. The minimum absolute atomic E-state index is 0.0650. The Morgan fingerprint density at radius 3 is 2.60 bits per heavy atom. The average Bonchev–Trinajstić information content (AvgIpc) is 2.93. The molecule has 2 unspecified atom stereocenters. The zero-order valence-corrected chi connectivity index (χ0v) is 14.6. The summed E-state index contributed by atoms with van der Waals surface area (Å²) in [7, 11) is 0. The molecule has 0 saturated heterocycles. The first-order valence-electron chi connectivity index (χ1n) is 8.55. The Labute approximate surface area is 146 Å². The van der Waals surface area contributed by atoms with E-state index in [-0.39, 0.29) is 23.0 Å². The van der Waals surface area contributed by atoms with Gasteiger partial charge in [0.2, 0.25) is 0 Å². The lowest BCUT2D eigenvalue weighted by Gasteiger charge is -2.40. The van der Waals surface area contributed by atoms with Gasteiger partial charge in [-0.1, -0.05) is 26.0 Å². The summed E-state index contributed by atoms with van der Waals surface area (Å²) in [5.74, 6) is 0.626. The van der Waals surface area contributed by atoms with E-state index in [1.54, 1.807) is 0 Å². The number of nitriles is 1. The molecule has 4 rings (SSSR count). The lowest BCUT2D eigenvalue weighted by atomic mass is 9.64. The van der Waals surface area contributed by atoms with E-state index in [9.17, 15) is 4.79 Å². The fourth-order valence-corrected chi connectivity index (χ4v) is 4.23. The van der Waals surface area contributed by atoms with E-state index in [1.807, 2.05) is 31.2 Å². The van der Waals surface area contributed by atoms with Crippen LogP contribution in [-0.4, -0.2) is 21.7 Å². The van der Waals surface area contributed by atoms with E-state index in [0.29, 0.717) is 17.8 Å². The number of rotatable bonds is 1. The van der Waals surface area contributed by atoms with Crippen molar-refractivity contribution < 1.29 is 4.79 Å². The summed E-state index contributed by atoms with van der Waals surface area (Å²) >= 11 is 0. The molecule has 1 fully saturated rings. The molecule has 0 amide bonds. The molecule has 1 aliphatic carbocycles. The molecule has 5 nitrogen and oxygen atoms in total. The normalized spacial score (nSPS) is 24.1. The lowest BCUT2D eigenvalue weighted by molar-refractivity contribution is -0.124. The van der Waals surface area contributed by atoms with Crippen LogP contribution < -0.4 is 0 Å². The summed E-state index contributed by atoms with van der Waals surface area (Å²) in [4.78, 5) is 17.8. The van der Waals surface area contributed by atoms with Crippen molar-refractivity contribution in [2.45, 2.75) is 39.5 Å². The van der Waals surface area contributed by atoms with E-state index < -0.39 is 0 Å². The quantitative estimate of drug-likeness (QED) is 0.862. The fourth-order valence-electron chi connectivity index (χ4n) is 4.23. The molecule has 0 bridgehead atoms. The van der Waals surface area contributed by atoms with Crippen LogP contribution in [0.1, 0.15) is 55.0 Å². The number of aromatic nitrogens is 2. The molecule has 2 heterocycles. The van der Waals surface area contributed by atoms with E-state index >= 15 is 0 Å². The van der Waals surface area contributed by atoms with Crippen LogP contribution in [-0.2, 0) is 4.79 Å². The molecule has 0 spiro atoms. The first kappa shape index (κ1) is 15.8. The summed E-state index contributed by atoms with van der Waals surface area (Å²) in [6, 6.07) is 9.68. The first-order chi connectivity index (χ1) is 11.9. The number of ketones is 1. The van der Waals surface area contributed by atoms with Gasteiger partial charge in [0.15, 0.2) is 5.82 Å². The summed E-state index contributed by atoms with van der Waals surface area (Å²) in [5, 5.41) is 16.4. The van der Waals surface area contributed by atoms with Crippen LogP contribution in [0, 0.1) is 29.6 Å². The van der Waals surface area contributed by atoms with Crippen LogP contribution in [0.2, 0.25) is 0 Å². The Hall–Kier alpha value is -2.74. The maximum absolute atomic E-state index is 13.0. The van der Waals surface area contributed by atoms with E-state index in [1.165, 1.54) is 0 Å². The highest BCUT2D eigenvalue weighted by molar-refractivity contribution is 6.11. The second-order valence-electron chi connectivity index (χ2n) is 7.86. The Morgan fingerprint density at radius 2 is 1.92 bits per heavy atom. The molecular formula is C20H20N4O. The van der Waals surface area contributed by atoms with Gasteiger partial charge in [-0.25, -0.2) is 4.99 Å². The van der Waals surface area contributed by atoms with Crippen LogP contribution in [0.3, 0.4) is 0 Å².